The van der Waals surface area contributed by atoms with E-state index in [1.54, 1.807) is 0 Å². The third-order valence-corrected chi connectivity index (χ3v) is 11.7. The topological polar surface area (TPSA) is 0 Å². The van der Waals surface area contributed by atoms with Gasteiger partial charge in [0.2, 0.25) is 0 Å². The molecule has 11 aromatic rings. The third kappa shape index (κ3) is 3.96. The van der Waals surface area contributed by atoms with Gasteiger partial charge in [-0.2, -0.15) is 0 Å². The van der Waals surface area contributed by atoms with Crippen LogP contribution in [0.5, 0.6) is 0 Å². The molecule has 0 aliphatic carbocycles. The van der Waals surface area contributed by atoms with Crippen molar-refractivity contribution in [3.05, 3.63) is 157 Å². The molecule has 0 atom stereocenters. The standard InChI is InChI=1S/C51H36/c1-29-11-21-41-43(27-29)49(39-24-18-34-14-12-30-7-5-9-32-16-22-37(39)47(34)45(30)32)42-26-20-36(51(2,3)4)28-44(42)50(41)40-25-19-35-15-13-31-8-6-10-33-17-23-38(40)48(35)46(31)33/h5-28H,1-4H3. The summed E-state index contributed by atoms with van der Waals surface area (Å²) in [5, 5.41) is 21.1. The average molecular weight is 649 g/mol. The SMILES string of the molecule is Cc1ccc2c(-c3ccc4ccc5cccc6ccc3c4c56)c3cc(C(C)(C)C)ccc3c(-c3ccc4ccc5cccc6ccc3c4c56)c2c1. The average Bonchev–Trinajstić information content (AvgIpc) is 3.14. The minimum absolute atomic E-state index is 0.00349. The quantitative estimate of drug-likeness (QED) is 0.129. The number of rotatable bonds is 2. The predicted molar refractivity (Wildman–Crippen MR) is 223 cm³/mol. The van der Waals surface area contributed by atoms with E-state index in [0.29, 0.717) is 0 Å². The molecule has 0 N–H and O–H groups in total. The van der Waals surface area contributed by atoms with Gasteiger partial charge in [0.05, 0.1) is 0 Å². The second-order valence-electron chi connectivity index (χ2n) is 15.7. The molecular weight excluding hydrogens is 613 g/mol. The molecule has 0 nitrogen and oxygen atoms in total. The summed E-state index contributed by atoms with van der Waals surface area (Å²) in [6, 6.07) is 55.7. The van der Waals surface area contributed by atoms with Crippen molar-refractivity contribution >= 4 is 86.2 Å². The fourth-order valence-corrected chi connectivity index (χ4v) is 9.30. The van der Waals surface area contributed by atoms with E-state index in [1.807, 2.05) is 0 Å². The highest BCUT2D eigenvalue weighted by molar-refractivity contribution is 6.32. The summed E-state index contributed by atoms with van der Waals surface area (Å²) in [4.78, 5) is 0. The van der Waals surface area contributed by atoms with E-state index in [-0.39, 0.29) is 5.41 Å². The van der Waals surface area contributed by atoms with Crippen molar-refractivity contribution in [1.82, 2.24) is 0 Å². The number of hydrogen-bond acceptors (Lipinski definition) is 0. The van der Waals surface area contributed by atoms with Crippen LogP contribution in [0.1, 0.15) is 31.9 Å². The van der Waals surface area contributed by atoms with Crippen LogP contribution >= 0.6 is 0 Å². The molecule has 0 amide bonds. The Bertz CT molecular complexity index is 3190. The van der Waals surface area contributed by atoms with Crippen molar-refractivity contribution in [3.63, 3.8) is 0 Å². The number of hydrogen-bond donors (Lipinski definition) is 0. The summed E-state index contributed by atoms with van der Waals surface area (Å²) in [6.45, 7) is 9.22. The largest absolute Gasteiger partial charge is 0.0610 e. The van der Waals surface area contributed by atoms with E-state index >= 15 is 0 Å². The van der Waals surface area contributed by atoms with Crippen molar-refractivity contribution in [1.29, 1.82) is 0 Å². The molecule has 0 spiro atoms. The molecule has 0 aliphatic rings. The first kappa shape index (κ1) is 28.8. The smallest absolute Gasteiger partial charge is 0.00200 e. The second kappa shape index (κ2) is 10.1. The van der Waals surface area contributed by atoms with E-state index in [2.05, 4.69) is 173 Å². The summed E-state index contributed by atoms with van der Waals surface area (Å²) in [5.74, 6) is 0. The van der Waals surface area contributed by atoms with Crippen LogP contribution in [0.4, 0.5) is 0 Å². The molecule has 0 heterocycles. The molecule has 0 fully saturated rings. The number of benzene rings is 11. The molecule has 11 rings (SSSR count). The predicted octanol–water partition coefficient (Wildman–Crippen LogP) is 14.7. The van der Waals surface area contributed by atoms with Gasteiger partial charge in [0.25, 0.3) is 0 Å². The van der Waals surface area contributed by atoms with Gasteiger partial charge in [-0.25, -0.2) is 0 Å². The molecule has 0 unspecified atom stereocenters. The van der Waals surface area contributed by atoms with Crippen LogP contribution in [-0.4, -0.2) is 0 Å². The Morgan fingerprint density at radius 2 is 0.725 bits per heavy atom. The van der Waals surface area contributed by atoms with Crippen molar-refractivity contribution in [2.45, 2.75) is 33.1 Å². The Hall–Kier alpha value is -5.98. The van der Waals surface area contributed by atoms with Gasteiger partial charge in [-0.15, -0.1) is 0 Å². The first-order valence-corrected chi connectivity index (χ1v) is 18.2. The number of aryl methyl sites for hydroxylation is 1. The lowest BCUT2D eigenvalue weighted by Crippen LogP contribution is -2.10. The minimum Gasteiger partial charge on any atom is -0.0610 e. The lowest BCUT2D eigenvalue weighted by molar-refractivity contribution is 0.591. The molecule has 0 aliphatic heterocycles. The van der Waals surface area contributed by atoms with Crippen LogP contribution in [0.25, 0.3) is 108 Å². The molecule has 0 saturated carbocycles. The van der Waals surface area contributed by atoms with Crippen LogP contribution in [0.3, 0.4) is 0 Å². The highest BCUT2D eigenvalue weighted by Crippen LogP contribution is 2.50. The Morgan fingerprint density at radius 1 is 0.333 bits per heavy atom. The molecule has 0 aromatic heterocycles. The number of fused-ring (bicyclic) bond motifs is 2. The fraction of sp³-hybridized carbons (Fsp3) is 0.0980. The Morgan fingerprint density at radius 3 is 1.22 bits per heavy atom. The molecule has 11 aromatic carbocycles. The van der Waals surface area contributed by atoms with E-state index < -0.39 is 0 Å². The second-order valence-corrected chi connectivity index (χ2v) is 15.7. The molecule has 0 bridgehead atoms. The summed E-state index contributed by atoms with van der Waals surface area (Å²) < 4.78 is 0. The normalized spacial score (nSPS) is 12.7. The van der Waals surface area contributed by atoms with E-state index in [1.165, 1.54) is 120 Å². The molecule has 51 heavy (non-hydrogen) atoms. The highest BCUT2D eigenvalue weighted by atomic mass is 14.3. The summed E-state index contributed by atoms with van der Waals surface area (Å²) in [6.07, 6.45) is 0. The van der Waals surface area contributed by atoms with E-state index in [0.717, 1.165) is 0 Å². The molecule has 0 saturated heterocycles. The van der Waals surface area contributed by atoms with Crippen LogP contribution < -0.4 is 0 Å². The van der Waals surface area contributed by atoms with Crippen molar-refractivity contribution < 1.29 is 0 Å². The maximum atomic E-state index is 2.50. The van der Waals surface area contributed by atoms with E-state index in [4.69, 9.17) is 0 Å². The monoisotopic (exact) mass is 648 g/mol. The summed E-state index contributed by atoms with van der Waals surface area (Å²) >= 11 is 0. The minimum atomic E-state index is 0.00349. The molecule has 0 radical (unpaired) electrons. The van der Waals surface area contributed by atoms with Gasteiger partial charge in [-0.05, 0) is 132 Å². The lowest BCUT2D eigenvalue weighted by Gasteiger charge is -2.24. The third-order valence-electron chi connectivity index (χ3n) is 11.7. The van der Waals surface area contributed by atoms with Gasteiger partial charge in [0.15, 0.2) is 0 Å². The van der Waals surface area contributed by atoms with Crippen molar-refractivity contribution in [2.24, 2.45) is 0 Å². The Kier molecular flexibility index (Phi) is 5.68. The summed E-state index contributed by atoms with van der Waals surface area (Å²) in [7, 11) is 0. The van der Waals surface area contributed by atoms with Gasteiger partial charge < -0.3 is 0 Å². The zero-order valence-electron chi connectivity index (χ0n) is 29.4. The first-order chi connectivity index (χ1) is 24.8. The maximum Gasteiger partial charge on any atom is -0.00200 e. The lowest BCUT2D eigenvalue weighted by atomic mass is 9.79. The van der Waals surface area contributed by atoms with Crippen LogP contribution in [-0.2, 0) is 5.41 Å². The fourth-order valence-electron chi connectivity index (χ4n) is 9.30. The maximum absolute atomic E-state index is 2.50. The van der Waals surface area contributed by atoms with E-state index in [9.17, 15) is 0 Å². The molecule has 240 valence electrons. The van der Waals surface area contributed by atoms with Crippen LogP contribution in [0, 0.1) is 6.92 Å². The zero-order chi connectivity index (χ0) is 34.2. The Balaban J connectivity index is 1.34. The summed E-state index contributed by atoms with van der Waals surface area (Å²) in [5.41, 5.74) is 7.87. The van der Waals surface area contributed by atoms with Gasteiger partial charge in [0, 0.05) is 0 Å². The first-order valence-electron chi connectivity index (χ1n) is 18.2. The van der Waals surface area contributed by atoms with Gasteiger partial charge in [-0.3, -0.25) is 0 Å². The molecule has 0 heteroatoms. The Labute approximate surface area is 297 Å². The van der Waals surface area contributed by atoms with Gasteiger partial charge in [0.1, 0.15) is 0 Å². The van der Waals surface area contributed by atoms with Crippen LogP contribution in [0.15, 0.2) is 146 Å². The molecular formula is C51H36. The van der Waals surface area contributed by atoms with Crippen molar-refractivity contribution in [3.8, 4) is 22.3 Å². The highest BCUT2D eigenvalue weighted by Gasteiger charge is 2.24. The van der Waals surface area contributed by atoms with Crippen molar-refractivity contribution in [2.75, 3.05) is 0 Å². The van der Waals surface area contributed by atoms with Gasteiger partial charge >= 0.3 is 0 Å². The van der Waals surface area contributed by atoms with Gasteiger partial charge in [-0.1, -0.05) is 166 Å². The van der Waals surface area contributed by atoms with Crippen LogP contribution in [0.2, 0.25) is 0 Å². The zero-order valence-corrected chi connectivity index (χ0v) is 29.4.